The number of nitrogens with one attached hydrogen (secondary N) is 1. The van der Waals surface area contributed by atoms with E-state index < -0.39 is 0 Å². The third-order valence-corrected chi connectivity index (χ3v) is 5.97. The van der Waals surface area contributed by atoms with Gasteiger partial charge in [0.05, 0.1) is 17.6 Å². The highest BCUT2D eigenvalue weighted by atomic mass is 32.1. The second-order valence-corrected chi connectivity index (χ2v) is 7.49. The molecular formula is C19H19N5S. The first-order valence-electron chi connectivity index (χ1n) is 8.62. The zero-order valence-electron chi connectivity index (χ0n) is 13.8. The van der Waals surface area contributed by atoms with Crippen LogP contribution in [0.1, 0.15) is 24.5 Å². The Morgan fingerprint density at radius 2 is 2.20 bits per heavy atom. The van der Waals surface area contributed by atoms with Gasteiger partial charge < -0.3 is 11.1 Å². The van der Waals surface area contributed by atoms with Gasteiger partial charge in [0.15, 0.2) is 11.5 Å². The normalized spacial score (nSPS) is 18.2. The van der Waals surface area contributed by atoms with E-state index in [9.17, 15) is 0 Å². The van der Waals surface area contributed by atoms with E-state index in [0.29, 0.717) is 11.7 Å². The zero-order chi connectivity index (χ0) is 16.8. The van der Waals surface area contributed by atoms with Crippen molar-refractivity contribution in [3.05, 3.63) is 47.7 Å². The summed E-state index contributed by atoms with van der Waals surface area (Å²) in [6.07, 6.45) is 6.36. The molecule has 1 aromatic carbocycles. The highest BCUT2D eigenvalue weighted by Crippen LogP contribution is 2.35. The minimum Gasteiger partial charge on any atom is -0.381 e. The molecule has 1 unspecified atom stereocenters. The third kappa shape index (κ3) is 2.41. The number of aromatic nitrogens is 3. The predicted octanol–water partition coefficient (Wildman–Crippen LogP) is 3.66. The van der Waals surface area contributed by atoms with Crippen LogP contribution in [0, 0.1) is 0 Å². The lowest BCUT2D eigenvalue weighted by Crippen LogP contribution is -2.28. The van der Waals surface area contributed by atoms with E-state index in [-0.39, 0.29) is 0 Å². The standard InChI is InChI=1S/C19H19N5S/c20-18-19-23-15(12-4-3-7-21-8-12)10-24(19)16(9-22-18)14-11-25-17-6-2-1-5-13(14)17/h1-2,5-6,9-12,21H,3-4,7-8H2,(H2,20,22). The molecule has 3 N–H and O–H groups in total. The zero-order valence-corrected chi connectivity index (χ0v) is 14.6. The van der Waals surface area contributed by atoms with Gasteiger partial charge in [0.25, 0.3) is 0 Å². The number of nitrogen functional groups attached to an aromatic ring is 1. The molecule has 1 fully saturated rings. The van der Waals surface area contributed by atoms with Gasteiger partial charge in [-0.15, -0.1) is 11.3 Å². The molecule has 0 radical (unpaired) electrons. The topological polar surface area (TPSA) is 68.2 Å². The molecule has 4 aromatic rings. The first kappa shape index (κ1) is 14.9. The number of imidazole rings is 1. The van der Waals surface area contributed by atoms with Crippen LogP contribution < -0.4 is 11.1 Å². The van der Waals surface area contributed by atoms with Crippen LogP contribution in [-0.2, 0) is 0 Å². The first-order valence-corrected chi connectivity index (χ1v) is 9.50. The predicted molar refractivity (Wildman–Crippen MR) is 103 cm³/mol. The van der Waals surface area contributed by atoms with Crippen molar-refractivity contribution in [3.8, 4) is 11.3 Å². The number of fused-ring (bicyclic) bond motifs is 2. The lowest BCUT2D eigenvalue weighted by Gasteiger charge is -2.20. The second-order valence-electron chi connectivity index (χ2n) is 6.58. The molecule has 1 saturated heterocycles. The fraction of sp³-hybridized carbons (Fsp3) is 0.263. The molecule has 1 atom stereocenters. The lowest BCUT2D eigenvalue weighted by atomic mass is 9.97. The minimum atomic E-state index is 0.445. The van der Waals surface area contributed by atoms with Gasteiger partial charge in [-0.25, -0.2) is 9.97 Å². The van der Waals surface area contributed by atoms with E-state index >= 15 is 0 Å². The first-order chi connectivity index (χ1) is 12.3. The summed E-state index contributed by atoms with van der Waals surface area (Å²) in [5, 5.41) is 6.90. The van der Waals surface area contributed by atoms with Gasteiger partial charge in [-0.3, -0.25) is 4.40 Å². The molecule has 1 aliphatic heterocycles. The highest BCUT2D eigenvalue weighted by Gasteiger charge is 2.20. The molecular weight excluding hydrogens is 330 g/mol. The van der Waals surface area contributed by atoms with E-state index in [4.69, 9.17) is 10.7 Å². The maximum Gasteiger partial charge on any atom is 0.180 e. The molecule has 126 valence electrons. The number of nitrogens with two attached hydrogens (primary N) is 1. The summed E-state index contributed by atoms with van der Waals surface area (Å²) < 4.78 is 3.39. The summed E-state index contributed by atoms with van der Waals surface area (Å²) in [5.41, 5.74) is 10.2. The van der Waals surface area contributed by atoms with Crippen molar-refractivity contribution in [2.75, 3.05) is 18.8 Å². The van der Waals surface area contributed by atoms with Gasteiger partial charge in [0.2, 0.25) is 0 Å². The molecule has 0 spiro atoms. The molecule has 0 amide bonds. The maximum absolute atomic E-state index is 6.13. The summed E-state index contributed by atoms with van der Waals surface area (Å²) in [6, 6.07) is 8.46. The van der Waals surface area contributed by atoms with E-state index in [1.807, 2.05) is 6.20 Å². The third-order valence-electron chi connectivity index (χ3n) is 5.01. The number of hydrogen-bond acceptors (Lipinski definition) is 5. The molecule has 4 heterocycles. The number of rotatable bonds is 2. The Labute approximate surface area is 149 Å². The van der Waals surface area contributed by atoms with Crippen LogP contribution in [0.4, 0.5) is 5.82 Å². The van der Waals surface area contributed by atoms with Crippen LogP contribution in [0.5, 0.6) is 0 Å². The van der Waals surface area contributed by atoms with Crippen LogP contribution in [0.15, 0.2) is 42.0 Å². The van der Waals surface area contributed by atoms with E-state index in [0.717, 1.165) is 30.1 Å². The number of nitrogens with zero attached hydrogens (tertiary/aromatic N) is 3. The van der Waals surface area contributed by atoms with Gasteiger partial charge in [0, 0.05) is 39.7 Å². The van der Waals surface area contributed by atoms with Crippen molar-refractivity contribution in [2.24, 2.45) is 0 Å². The van der Waals surface area contributed by atoms with E-state index in [1.165, 1.54) is 28.5 Å². The Morgan fingerprint density at radius 1 is 1.28 bits per heavy atom. The van der Waals surface area contributed by atoms with Gasteiger partial charge >= 0.3 is 0 Å². The smallest absolute Gasteiger partial charge is 0.180 e. The monoisotopic (exact) mass is 349 g/mol. The van der Waals surface area contributed by atoms with Gasteiger partial charge in [-0.1, -0.05) is 18.2 Å². The average Bonchev–Trinajstić information content (AvgIpc) is 3.28. The Kier molecular flexibility index (Phi) is 3.46. The van der Waals surface area contributed by atoms with Crippen molar-refractivity contribution < 1.29 is 0 Å². The Bertz CT molecular complexity index is 1060. The summed E-state index contributed by atoms with van der Waals surface area (Å²) in [6.45, 7) is 2.08. The fourth-order valence-electron chi connectivity index (χ4n) is 3.69. The molecule has 3 aromatic heterocycles. The van der Waals surface area contributed by atoms with Crippen LogP contribution in [0.2, 0.25) is 0 Å². The number of piperidine rings is 1. The van der Waals surface area contributed by atoms with Crippen LogP contribution >= 0.6 is 11.3 Å². The van der Waals surface area contributed by atoms with Gasteiger partial charge in [0.1, 0.15) is 0 Å². The fourth-order valence-corrected chi connectivity index (χ4v) is 4.64. The number of hydrogen-bond donors (Lipinski definition) is 2. The molecule has 6 heteroatoms. The summed E-state index contributed by atoms with van der Waals surface area (Å²) >= 11 is 1.75. The molecule has 5 rings (SSSR count). The van der Waals surface area contributed by atoms with Crippen LogP contribution in [0.25, 0.3) is 27.0 Å². The van der Waals surface area contributed by atoms with E-state index in [2.05, 4.69) is 50.5 Å². The van der Waals surface area contributed by atoms with Crippen LogP contribution in [0.3, 0.4) is 0 Å². The van der Waals surface area contributed by atoms with Crippen molar-refractivity contribution in [3.63, 3.8) is 0 Å². The average molecular weight is 349 g/mol. The molecule has 0 saturated carbocycles. The van der Waals surface area contributed by atoms with Crippen molar-refractivity contribution in [2.45, 2.75) is 18.8 Å². The van der Waals surface area contributed by atoms with Gasteiger partial charge in [-0.2, -0.15) is 0 Å². The Morgan fingerprint density at radius 3 is 3.08 bits per heavy atom. The second kappa shape index (κ2) is 5.82. The summed E-state index contributed by atoms with van der Waals surface area (Å²) in [4.78, 5) is 9.24. The SMILES string of the molecule is Nc1ncc(-c2csc3ccccc23)n2cc(C3CCCNC3)nc12. The molecule has 0 aliphatic carbocycles. The minimum absolute atomic E-state index is 0.445. The maximum atomic E-state index is 6.13. The number of anilines is 1. The molecule has 1 aliphatic rings. The van der Waals surface area contributed by atoms with Gasteiger partial charge in [-0.05, 0) is 25.5 Å². The Balaban J connectivity index is 1.70. The quantitative estimate of drug-likeness (QED) is 0.579. The van der Waals surface area contributed by atoms with Crippen molar-refractivity contribution >= 4 is 32.9 Å². The molecule has 5 nitrogen and oxygen atoms in total. The van der Waals surface area contributed by atoms with E-state index in [1.54, 1.807) is 11.3 Å². The molecule has 0 bridgehead atoms. The highest BCUT2D eigenvalue weighted by molar-refractivity contribution is 7.17. The number of benzene rings is 1. The van der Waals surface area contributed by atoms with Crippen LogP contribution in [-0.4, -0.2) is 27.5 Å². The van der Waals surface area contributed by atoms with Crippen molar-refractivity contribution in [1.82, 2.24) is 19.7 Å². The molecule has 25 heavy (non-hydrogen) atoms. The number of thiophene rings is 1. The lowest BCUT2D eigenvalue weighted by molar-refractivity contribution is 0.456. The Hall–Kier alpha value is -2.44. The summed E-state index contributed by atoms with van der Waals surface area (Å²) in [7, 11) is 0. The summed E-state index contributed by atoms with van der Waals surface area (Å²) in [5.74, 6) is 0.929. The largest absolute Gasteiger partial charge is 0.381 e. The van der Waals surface area contributed by atoms with Crippen molar-refractivity contribution in [1.29, 1.82) is 0 Å².